The van der Waals surface area contributed by atoms with Crippen LogP contribution in [0.4, 0.5) is 0 Å². The van der Waals surface area contributed by atoms with Gasteiger partial charge in [0.1, 0.15) is 5.69 Å². The number of piperidine rings is 1. The molecule has 0 bridgehead atoms. The molecule has 2 heterocycles. The summed E-state index contributed by atoms with van der Waals surface area (Å²) >= 11 is 12.2. The molecule has 0 unspecified atom stereocenters. The highest BCUT2D eigenvalue weighted by Crippen LogP contribution is 2.26. The van der Waals surface area contributed by atoms with E-state index in [9.17, 15) is 14.4 Å². The Morgan fingerprint density at radius 3 is 2.39 bits per heavy atom. The molecule has 2 aromatic rings. The van der Waals surface area contributed by atoms with Gasteiger partial charge in [-0.25, -0.2) is 0 Å². The van der Waals surface area contributed by atoms with Crippen molar-refractivity contribution in [1.82, 2.24) is 20.4 Å². The smallest absolute Gasteiger partial charge is 0.269 e. The molecule has 1 aromatic carbocycles. The summed E-state index contributed by atoms with van der Waals surface area (Å²) in [5.41, 5.74) is 6.87. The number of aromatic nitrogens is 2. The van der Waals surface area contributed by atoms with Crippen LogP contribution in [0.2, 0.25) is 10.0 Å². The summed E-state index contributed by atoms with van der Waals surface area (Å²) < 4.78 is 0. The minimum Gasteiger partial charge on any atom is -0.348 e. The number of carbonyl (C=O) groups excluding carboxylic acids is 3. The quantitative estimate of drug-likeness (QED) is 0.488. The Kier molecular flexibility index (Phi) is 9.72. The van der Waals surface area contributed by atoms with Gasteiger partial charge >= 0.3 is 0 Å². The van der Waals surface area contributed by atoms with E-state index in [0.717, 1.165) is 0 Å². The molecular weight excluding hydrogens is 489 g/mol. The molecule has 0 radical (unpaired) electrons. The third-order valence-corrected chi connectivity index (χ3v) is 6.31. The average Bonchev–Trinajstić information content (AvgIpc) is 3.21. The van der Waals surface area contributed by atoms with Gasteiger partial charge in [0.2, 0.25) is 5.91 Å². The van der Waals surface area contributed by atoms with Crippen LogP contribution in [0.25, 0.3) is 0 Å². The number of nitrogens with zero attached hydrogens (tertiary/aromatic N) is 2. The lowest BCUT2D eigenvalue weighted by molar-refractivity contribution is -0.134. The van der Waals surface area contributed by atoms with E-state index in [4.69, 9.17) is 28.9 Å². The van der Waals surface area contributed by atoms with Gasteiger partial charge < -0.3 is 16.0 Å². The summed E-state index contributed by atoms with van der Waals surface area (Å²) in [6.45, 7) is 4.90. The number of Topliss-reactive ketones (excluding diaryl/α,β-unsaturated/α-hetero) is 1. The number of amides is 2. The van der Waals surface area contributed by atoms with Gasteiger partial charge in [0.05, 0.1) is 27.8 Å². The van der Waals surface area contributed by atoms with E-state index >= 15 is 0 Å². The molecule has 0 saturated carbocycles. The molecule has 1 aliphatic rings. The van der Waals surface area contributed by atoms with E-state index in [1.165, 1.54) is 6.20 Å². The number of rotatable bonds is 7. The second-order valence-corrected chi connectivity index (χ2v) is 9.12. The lowest BCUT2D eigenvalue weighted by Crippen LogP contribution is -2.52. The van der Waals surface area contributed by atoms with Gasteiger partial charge in [-0.3, -0.25) is 19.5 Å². The summed E-state index contributed by atoms with van der Waals surface area (Å²) in [6.07, 6.45) is 2.63. The lowest BCUT2D eigenvalue weighted by atomic mass is 10.00. The zero-order valence-electron chi connectivity index (χ0n) is 18.4. The molecule has 1 aliphatic heterocycles. The van der Waals surface area contributed by atoms with Gasteiger partial charge in [-0.15, -0.1) is 12.4 Å². The molecule has 1 aromatic heterocycles. The van der Waals surface area contributed by atoms with Crippen LogP contribution in [0.15, 0.2) is 24.4 Å². The average molecular weight is 517 g/mol. The Morgan fingerprint density at radius 1 is 1.21 bits per heavy atom. The number of carbonyl (C=O) groups is 3. The number of hydrogen-bond acceptors (Lipinski definition) is 5. The Labute approximate surface area is 209 Å². The Hall–Kier alpha value is -2.13. The van der Waals surface area contributed by atoms with E-state index in [2.05, 4.69) is 15.5 Å². The van der Waals surface area contributed by atoms with Crippen LogP contribution in [0, 0.1) is 5.92 Å². The Balaban J connectivity index is 0.00000385. The third-order valence-electron chi connectivity index (χ3n) is 5.68. The van der Waals surface area contributed by atoms with Gasteiger partial charge in [-0.1, -0.05) is 43.1 Å². The third kappa shape index (κ3) is 6.47. The number of aromatic amines is 1. The van der Waals surface area contributed by atoms with E-state index in [1.807, 2.05) is 13.8 Å². The fourth-order valence-electron chi connectivity index (χ4n) is 3.67. The van der Waals surface area contributed by atoms with Crippen LogP contribution in [0.3, 0.4) is 0 Å². The van der Waals surface area contributed by atoms with Gasteiger partial charge in [0.25, 0.3) is 5.91 Å². The van der Waals surface area contributed by atoms with Crippen molar-refractivity contribution in [2.75, 3.05) is 13.1 Å². The molecule has 1 saturated heterocycles. The fraction of sp³-hybridized carbons (Fsp3) is 0.455. The highest BCUT2D eigenvalue weighted by Gasteiger charge is 2.29. The SMILES string of the molecule is CC(C)[C@H](N)C(=O)N1CCC(NC(=O)c2[nH]ncc2CC(=O)c2c(Cl)cccc2Cl)CC1.Cl. The monoisotopic (exact) mass is 515 g/mol. The molecule has 0 aliphatic carbocycles. The molecule has 1 fully saturated rings. The number of hydrogen-bond donors (Lipinski definition) is 3. The molecular formula is C22H28Cl3N5O3. The Bertz CT molecular complexity index is 983. The van der Waals surface area contributed by atoms with Crippen LogP contribution in [0.5, 0.6) is 0 Å². The molecule has 1 atom stereocenters. The molecule has 33 heavy (non-hydrogen) atoms. The van der Waals surface area contributed by atoms with Gasteiger partial charge in [-0.05, 0) is 30.9 Å². The van der Waals surface area contributed by atoms with Crippen molar-refractivity contribution in [2.45, 2.75) is 45.2 Å². The van der Waals surface area contributed by atoms with E-state index in [-0.39, 0.29) is 69.7 Å². The van der Waals surface area contributed by atoms with E-state index < -0.39 is 6.04 Å². The zero-order valence-corrected chi connectivity index (χ0v) is 20.8. The summed E-state index contributed by atoms with van der Waals surface area (Å²) in [7, 11) is 0. The molecule has 0 spiro atoms. The van der Waals surface area contributed by atoms with Crippen LogP contribution in [-0.4, -0.2) is 57.9 Å². The summed E-state index contributed by atoms with van der Waals surface area (Å²) in [4.78, 5) is 39.7. The van der Waals surface area contributed by atoms with Crippen molar-refractivity contribution in [3.05, 3.63) is 51.3 Å². The topological polar surface area (TPSA) is 121 Å². The predicted molar refractivity (Wildman–Crippen MR) is 130 cm³/mol. The first-order valence-electron chi connectivity index (χ1n) is 10.5. The molecule has 4 N–H and O–H groups in total. The van der Waals surface area contributed by atoms with Crippen LogP contribution >= 0.6 is 35.6 Å². The Morgan fingerprint density at radius 2 is 1.82 bits per heavy atom. The number of ketones is 1. The minimum atomic E-state index is -0.516. The highest BCUT2D eigenvalue weighted by atomic mass is 35.5. The van der Waals surface area contributed by atoms with Gasteiger partial charge in [0.15, 0.2) is 5.78 Å². The maximum atomic E-state index is 12.8. The molecule has 2 amide bonds. The van der Waals surface area contributed by atoms with Gasteiger partial charge in [-0.2, -0.15) is 5.10 Å². The van der Waals surface area contributed by atoms with Crippen molar-refractivity contribution in [2.24, 2.45) is 11.7 Å². The predicted octanol–water partition coefficient (Wildman–Crippen LogP) is 3.27. The first-order valence-corrected chi connectivity index (χ1v) is 11.3. The zero-order chi connectivity index (χ0) is 23.4. The first kappa shape index (κ1) is 27.1. The van der Waals surface area contributed by atoms with Crippen molar-refractivity contribution in [3.63, 3.8) is 0 Å². The van der Waals surface area contributed by atoms with Gasteiger partial charge in [0, 0.05) is 31.1 Å². The molecule has 180 valence electrons. The van der Waals surface area contributed by atoms with Crippen molar-refractivity contribution in [1.29, 1.82) is 0 Å². The number of benzene rings is 1. The van der Waals surface area contributed by atoms with Crippen molar-refractivity contribution >= 4 is 53.2 Å². The van der Waals surface area contributed by atoms with Crippen LogP contribution in [0.1, 0.15) is 53.1 Å². The normalized spacial score (nSPS) is 15.2. The summed E-state index contributed by atoms with van der Waals surface area (Å²) in [6, 6.07) is 4.24. The molecule has 3 rings (SSSR count). The van der Waals surface area contributed by atoms with Crippen molar-refractivity contribution in [3.8, 4) is 0 Å². The summed E-state index contributed by atoms with van der Waals surface area (Å²) in [5.74, 6) is -0.636. The lowest BCUT2D eigenvalue weighted by Gasteiger charge is -2.34. The largest absolute Gasteiger partial charge is 0.348 e. The van der Waals surface area contributed by atoms with E-state index in [0.29, 0.717) is 31.5 Å². The molecule has 11 heteroatoms. The first-order chi connectivity index (χ1) is 15.2. The van der Waals surface area contributed by atoms with Crippen LogP contribution < -0.4 is 11.1 Å². The van der Waals surface area contributed by atoms with Crippen molar-refractivity contribution < 1.29 is 14.4 Å². The maximum absolute atomic E-state index is 12.8. The number of nitrogens with one attached hydrogen (secondary N) is 2. The minimum absolute atomic E-state index is 0. The van der Waals surface area contributed by atoms with E-state index in [1.54, 1.807) is 23.1 Å². The number of H-pyrrole nitrogens is 1. The second kappa shape index (κ2) is 11.8. The summed E-state index contributed by atoms with van der Waals surface area (Å²) in [5, 5.41) is 10.1. The van der Waals surface area contributed by atoms with Crippen LogP contribution in [-0.2, 0) is 11.2 Å². The fourth-order valence-corrected chi connectivity index (χ4v) is 4.27. The number of nitrogens with two attached hydrogens (primary N) is 1. The highest BCUT2D eigenvalue weighted by molar-refractivity contribution is 6.39. The standard InChI is InChI=1S/C22H27Cl2N5O3.ClH/c1-12(2)19(25)22(32)29-8-6-14(7-9-29)27-21(31)20-13(11-26-28-20)10-17(30)18-15(23)4-3-5-16(18)24;/h3-5,11-12,14,19H,6-10,25H2,1-2H3,(H,26,28)(H,27,31);1H/t19-;/m0./s1. The number of likely N-dealkylation sites (tertiary alicyclic amines) is 1. The second-order valence-electron chi connectivity index (χ2n) is 8.31. The number of halogens is 3. The molecule has 8 nitrogen and oxygen atoms in total. The maximum Gasteiger partial charge on any atom is 0.269 e.